The largest absolute Gasteiger partial charge is 0.381 e. The van der Waals surface area contributed by atoms with Gasteiger partial charge in [0, 0.05) is 32.1 Å². The lowest BCUT2D eigenvalue weighted by Crippen LogP contribution is -2.53. The molecule has 2 heterocycles. The van der Waals surface area contributed by atoms with Crippen molar-refractivity contribution in [3.05, 3.63) is 16.1 Å². The van der Waals surface area contributed by atoms with Gasteiger partial charge >= 0.3 is 0 Å². The molecule has 1 amide bonds. The quantitative estimate of drug-likeness (QED) is 0.828. The highest BCUT2D eigenvalue weighted by Crippen LogP contribution is 2.43. The van der Waals surface area contributed by atoms with Crippen LogP contribution in [-0.4, -0.2) is 54.3 Å². The maximum Gasteiger partial charge on any atom is 0.223 e. The molecule has 1 aromatic rings. The highest BCUT2D eigenvalue weighted by atomic mass is 32.1. The number of aryl methyl sites for hydroxylation is 2. The molecular formula is C17H26N2O3S. The predicted octanol–water partition coefficient (Wildman–Crippen LogP) is 2.57. The fourth-order valence-corrected chi connectivity index (χ4v) is 4.89. The van der Waals surface area contributed by atoms with Crippen molar-refractivity contribution in [1.82, 2.24) is 9.88 Å². The van der Waals surface area contributed by atoms with E-state index in [9.17, 15) is 4.79 Å². The van der Waals surface area contributed by atoms with Gasteiger partial charge in [-0.1, -0.05) is 0 Å². The average Bonchev–Trinajstić information content (AvgIpc) is 3.15. The summed E-state index contributed by atoms with van der Waals surface area (Å²) in [5, 5.41) is 0. The van der Waals surface area contributed by atoms with Crippen LogP contribution in [0.2, 0.25) is 0 Å². The first kappa shape index (κ1) is 16.9. The van der Waals surface area contributed by atoms with Gasteiger partial charge in [-0.3, -0.25) is 4.79 Å². The van der Waals surface area contributed by atoms with Crippen molar-refractivity contribution >= 4 is 17.2 Å². The van der Waals surface area contributed by atoms with E-state index < -0.39 is 0 Å². The van der Waals surface area contributed by atoms with Crippen LogP contribution < -0.4 is 0 Å². The van der Waals surface area contributed by atoms with E-state index in [1.807, 2.05) is 17.3 Å². The summed E-state index contributed by atoms with van der Waals surface area (Å²) in [5.41, 5.74) is 2.74. The normalized spacial score (nSPS) is 30.5. The Hall–Kier alpha value is -0.980. The van der Waals surface area contributed by atoms with Crippen LogP contribution in [0.1, 0.15) is 42.7 Å². The van der Waals surface area contributed by atoms with Gasteiger partial charge in [0.15, 0.2) is 0 Å². The summed E-state index contributed by atoms with van der Waals surface area (Å²) < 4.78 is 11.4. The monoisotopic (exact) mass is 338 g/mol. The van der Waals surface area contributed by atoms with Crippen LogP contribution >= 0.6 is 11.3 Å². The van der Waals surface area contributed by atoms with Gasteiger partial charge in [0.05, 0.1) is 29.0 Å². The maximum atomic E-state index is 12.8. The fourth-order valence-electron chi connectivity index (χ4n) is 4.10. The van der Waals surface area contributed by atoms with Gasteiger partial charge in [-0.05, 0) is 39.0 Å². The van der Waals surface area contributed by atoms with Crippen LogP contribution in [0.5, 0.6) is 0 Å². The predicted molar refractivity (Wildman–Crippen MR) is 89.7 cm³/mol. The fraction of sp³-hybridized carbons (Fsp3) is 0.765. The topological polar surface area (TPSA) is 51.7 Å². The third-order valence-electron chi connectivity index (χ3n) is 5.61. The van der Waals surface area contributed by atoms with Gasteiger partial charge in [-0.15, -0.1) is 11.3 Å². The number of carbonyl (C=O) groups excluding carboxylic acids is 1. The number of amides is 1. The zero-order valence-corrected chi connectivity index (χ0v) is 15.0. The van der Waals surface area contributed by atoms with Crippen LogP contribution in [0.4, 0.5) is 0 Å². The molecule has 128 valence electrons. The second kappa shape index (κ2) is 6.87. The summed E-state index contributed by atoms with van der Waals surface area (Å²) in [6.45, 7) is 2.81. The number of ether oxygens (including phenoxy) is 2. The Morgan fingerprint density at radius 1 is 1.48 bits per heavy atom. The molecule has 6 heteroatoms. The van der Waals surface area contributed by atoms with E-state index in [-0.39, 0.29) is 23.7 Å². The van der Waals surface area contributed by atoms with Crippen molar-refractivity contribution in [3.8, 4) is 0 Å². The number of rotatable bonds is 5. The van der Waals surface area contributed by atoms with E-state index in [2.05, 4.69) is 4.98 Å². The van der Waals surface area contributed by atoms with Gasteiger partial charge < -0.3 is 14.4 Å². The van der Waals surface area contributed by atoms with E-state index in [1.54, 1.807) is 25.6 Å². The van der Waals surface area contributed by atoms with Crippen LogP contribution in [0.15, 0.2) is 5.51 Å². The molecule has 0 radical (unpaired) electrons. The van der Waals surface area contributed by atoms with E-state index in [0.29, 0.717) is 6.42 Å². The van der Waals surface area contributed by atoms with Crippen molar-refractivity contribution in [3.63, 3.8) is 0 Å². The molecule has 5 nitrogen and oxygen atoms in total. The highest BCUT2D eigenvalue weighted by Gasteiger charge is 2.52. The second-order valence-electron chi connectivity index (χ2n) is 6.61. The van der Waals surface area contributed by atoms with Crippen molar-refractivity contribution in [2.24, 2.45) is 0 Å². The Kier molecular flexibility index (Phi) is 5.04. The lowest BCUT2D eigenvalue weighted by atomic mass is 9.79. The Morgan fingerprint density at radius 2 is 2.30 bits per heavy atom. The smallest absolute Gasteiger partial charge is 0.223 e. The number of thiazole rings is 1. The number of carbonyl (C=O) groups is 1. The minimum atomic E-state index is -0.162. The molecule has 0 spiro atoms. The highest BCUT2D eigenvalue weighted by molar-refractivity contribution is 7.09. The zero-order valence-electron chi connectivity index (χ0n) is 14.2. The Morgan fingerprint density at radius 3 is 2.96 bits per heavy atom. The Labute approximate surface area is 142 Å². The molecule has 0 bridgehead atoms. The molecule has 3 atom stereocenters. The van der Waals surface area contributed by atoms with Crippen molar-refractivity contribution in [2.75, 3.05) is 20.8 Å². The number of aromatic nitrogens is 1. The minimum absolute atomic E-state index is 0.154. The van der Waals surface area contributed by atoms with Crippen LogP contribution in [0.25, 0.3) is 0 Å². The van der Waals surface area contributed by atoms with Crippen LogP contribution in [0, 0.1) is 6.92 Å². The van der Waals surface area contributed by atoms with Crippen molar-refractivity contribution in [1.29, 1.82) is 0 Å². The zero-order chi connectivity index (χ0) is 16.4. The molecule has 0 unspecified atom stereocenters. The van der Waals surface area contributed by atoms with E-state index in [0.717, 1.165) is 44.3 Å². The Balaban J connectivity index is 1.67. The summed E-state index contributed by atoms with van der Waals surface area (Å²) in [6.07, 6.45) is 5.39. The standard InChI is InChI=1S/C17H26N2O3S/c1-12-14(23-11-18-12)4-5-16(20)19-9-8-17(22-3)7-6-13(21-2)10-15(17)19/h11,13,15H,4-10H2,1-3H3/t13-,15+,17-/m1/s1. The van der Waals surface area contributed by atoms with Crippen molar-refractivity contribution in [2.45, 2.75) is 63.2 Å². The molecular weight excluding hydrogens is 312 g/mol. The third kappa shape index (κ3) is 3.16. The molecule has 1 aromatic heterocycles. The molecule has 3 rings (SSSR count). The molecule has 0 N–H and O–H groups in total. The molecule has 23 heavy (non-hydrogen) atoms. The molecule has 2 aliphatic rings. The summed E-state index contributed by atoms with van der Waals surface area (Å²) in [7, 11) is 3.55. The minimum Gasteiger partial charge on any atom is -0.381 e. The molecule has 2 fully saturated rings. The first-order valence-corrected chi connectivity index (χ1v) is 9.24. The SMILES string of the molecule is CO[C@@H]1CC[C@@]2(OC)CCN(C(=O)CCc3scnc3C)[C@H]2C1. The summed E-state index contributed by atoms with van der Waals surface area (Å²) in [5.74, 6) is 0.235. The molecule has 1 aliphatic heterocycles. The Bertz CT molecular complexity index is 562. The van der Waals surface area contributed by atoms with E-state index >= 15 is 0 Å². The first-order valence-electron chi connectivity index (χ1n) is 8.36. The van der Waals surface area contributed by atoms with Gasteiger partial charge in [-0.25, -0.2) is 4.98 Å². The van der Waals surface area contributed by atoms with E-state index in [4.69, 9.17) is 9.47 Å². The number of hydrogen-bond acceptors (Lipinski definition) is 5. The average molecular weight is 338 g/mol. The number of fused-ring (bicyclic) bond motifs is 1. The number of likely N-dealkylation sites (tertiary alicyclic amines) is 1. The molecule has 1 saturated heterocycles. The van der Waals surface area contributed by atoms with Gasteiger partial charge in [0.2, 0.25) is 5.91 Å². The summed E-state index contributed by atoms with van der Waals surface area (Å²) in [6, 6.07) is 0.154. The van der Waals surface area contributed by atoms with E-state index in [1.165, 1.54) is 4.88 Å². The number of hydrogen-bond donors (Lipinski definition) is 0. The van der Waals surface area contributed by atoms with Gasteiger partial charge in [0.1, 0.15) is 0 Å². The van der Waals surface area contributed by atoms with Crippen molar-refractivity contribution < 1.29 is 14.3 Å². The number of methoxy groups -OCH3 is 2. The number of nitrogens with zero attached hydrogens (tertiary/aromatic N) is 2. The first-order chi connectivity index (χ1) is 11.1. The summed E-state index contributed by atoms with van der Waals surface area (Å²) >= 11 is 1.64. The second-order valence-corrected chi connectivity index (χ2v) is 7.55. The molecule has 1 aliphatic carbocycles. The van der Waals surface area contributed by atoms with Gasteiger partial charge in [-0.2, -0.15) is 0 Å². The molecule has 0 aromatic carbocycles. The summed E-state index contributed by atoms with van der Waals surface area (Å²) in [4.78, 5) is 20.3. The molecule has 1 saturated carbocycles. The van der Waals surface area contributed by atoms with Gasteiger partial charge in [0.25, 0.3) is 0 Å². The van der Waals surface area contributed by atoms with Crippen LogP contribution in [-0.2, 0) is 20.7 Å². The van der Waals surface area contributed by atoms with Crippen LogP contribution in [0.3, 0.4) is 0 Å². The third-order valence-corrected chi connectivity index (χ3v) is 6.60. The maximum absolute atomic E-state index is 12.8. The lowest BCUT2D eigenvalue weighted by Gasteiger charge is -2.43. The lowest BCUT2D eigenvalue weighted by molar-refractivity contribution is -0.140.